The monoisotopic (exact) mass is 250 g/mol. The Morgan fingerprint density at radius 3 is 2.94 bits per heavy atom. The van der Waals surface area contributed by atoms with Gasteiger partial charge in [-0.3, -0.25) is 4.68 Å². The van der Waals surface area contributed by atoms with Gasteiger partial charge >= 0.3 is 0 Å². The molecule has 1 heterocycles. The summed E-state index contributed by atoms with van der Waals surface area (Å²) in [5.74, 6) is 2.09. The summed E-state index contributed by atoms with van der Waals surface area (Å²) in [4.78, 5) is 4.34. The second kappa shape index (κ2) is 6.88. The minimum absolute atomic E-state index is 0.739. The zero-order valence-corrected chi connectivity index (χ0v) is 11.7. The molecule has 1 atom stereocenters. The second-order valence-corrected chi connectivity index (χ2v) is 5.28. The molecule has 0 aromatic carbocycles. The standard InChI is InChI=1S/C14H26N4/c1-3-10-15-13(12-8-9-12)6-5-7-14-16-11-17-18(14)4-2/h11-13,15H,3-10H2,1-2H3. The highest BCUT2D eigenvalue weighted by molar-refractivity contribution is 4.89. The van der Waals surface area contributed by atoms with Crippen molar-refractivity contribution in [1.29, 1.82) is 0 Å². The van der Waals surface area contributed by atoms with Crippen molar-refractivity contribution in [3.05, 3.63) is 12.2 Å². The summed E-state index contributed by atoms with van der Waals surface area (Å²) in [6.07, 6.45) is 9.31. The van der Waals surface area contributed by atoms with Gasteiger partial charge in [0, 0.05) is 19.0 Å². The lowest BCUT2D eigenvalue weighted by atomic mass is 10.0. The summed E-state index contributed by atoms with van der Waals surface area (Å²) in [6, 6.07) is 0.739. The van der Waals surface area contributed by atoms with Gasteiger partial charge in [0.05, 0.1) is 0 Å². The highest BCUT2D eigenvalue weighted by Crippen LogP contribution is 2.34. The quantitative estimate of drug-likeness (QED) is 0.732. The molecular formula is C14H26N4. The zero-order valence-electron chi connectivity index (χ0n) is 11.7. The van der Waals surface area contributed by atoms with E-state index in [0.29, 0.717) is 0 Å². The Hall–Kier alpha value is -0.900. The van der Waals surface area contributed by atoms with Crippen molar-refractivity contribution in [1.82, 2.24) is 20.1 Å². The van der Waals surface area contributed by atoms with Gasteiger partial charge in [-0.2, -0.15) is 5.10 Å². The van der Waals surface area contributed by atoms with Crippen LogP contribution in [-0.4, -0.2) is 27.4 Å². The number of hydrogen-bond donors (Lipinski definition) is 1. The van der Waals surface area contributed by atoms with E-state index in [0.717, 1.165) is 37.3 Å². The summed E-state index contributed by atoms with van der Waals surface area (Å²) in [7, 11) is 0. The fraction of sp³-hybridized carbons (Fsp3) is 0.857. The lowest BCUT2D eigenvalue weighted by Crippen LogP contribution is -2.31. The number of nitrogens with one attached hydrogen (secondary N) is 1. The van der Waals surface area contributed by atoms with Crippen LogP contribution in [0.3, 0.4) is 0 Å². The number of aromatic nitrogens is 3. The van der Waals surface area contributed by atoms with E-state index in [9.17, 15) is 0 Å². The molecule has 102 valence electrons. The fourth-order valence-electron chi connectivity index (χ4n) is 2.56. The molecule has 1 fully saturated rings. The van der Waals surface area contributed by atoms with Crippen LogP contribution in [0.4, 0.5) is 0 Å². The average molecular weight is 250 g/mol. The third-order valence-corrected chi connectivity index (χ3v) is 3.76. The zero-order chi connectivity index (χ0) is 12.8. The van der Waals surface area contributed by atoms with Crippen molar-refractivity contribution in [2.24, 2.45) is 5.92 Å². The highest BCUT2D eigenvalue weighted by atomic mass is 15.3. The van der Waals surface area contributed by atoms with Crippen molar-refractivity contribution in [3.63, 3.8) is 0 Å². The molecule has 1 unspecified atom stereocenters. The first-order valence-electron chi connectivity index (χ1n) is 7.45. The topological polar surface area (TPSA) is 42.7 Å². The molecule has 1 saturated carbocycles. The van der Waals surface area contributed by atoms with Crippen LogP contribution in [-0.2, 0) is 13.0 Å². The van der Waals surface area contributed by atoms with E-state index in [1.165, 1.54) is 32.1 Å². The van der Waals surface area contributed by atoms with E-state index in [-0.39, 0.29) is 0 Å². The third kappa shape index (κ3) is 3.80. The smallest absolute Gasteiger partial charge is 0.138 e. The van der Waals surface area contributed by atoms with Crippen molar-refractivity contribution in [2.75, 3.05) is 6.54 Å². The van der Waals surface area contributed by atoms with Crippen molar-refractivity contribution >= 4 is 0 Å². The third-order valence-electron chi connectivity index (χ3n) is 3.76. The number of aryl methyl sites for hydroxylation is 2. The molecule has 1 aliphatic rings. The molecule has 1 aromatic heterocycles. The van der Waals surface area contributed by atoms with Gasteiger partial charge in [0.25, 0.3) is 0 Å². The molecule has 2 rings (SSSR count). The summed E-state index contributed by atoms with van der Waals surface area (Å²) >= 11 is 0. The van der Waals surface area contributed by atoms with Crippen LogP contribution in [0.1, 0.15) is 51.8 Å². The van der Waals surface area contributed by atoms with Gasteiger partial charge in [0.15, 0.2) is 0 Å². The number of nitrogens with zero attached hydrogens (tertiary/aromatic N) is 3. The Morgan fingerprint density at radius 1 is 1.44 bits per heavy atom. The van der Waals surface area contributed by atoms with E-state index in [4.69, 9.17) is 0 Å². The summed E-state index contributed by atoms with van der Waals surface area (Å²) < 4.78 is 2.01. The maximum Gasteiger partial charge on any atom is 0.138 e. The molecule has 0 bridgehead atoms. The van der Waals surface area contributed by atoms with E-state index in [2.05, 4.69) is 29.2 Å². The fourth-order valence-corrected chi connectivity index (χ4v) is 2.56. The molecule has 4 heteroatoms. The Morgan fingerprint density at radius 2 is 2.28 bits per heavy atom. The normalized spacial score (nSPS) is 17.0. The van der Waals surface area contributed by atoms with Crippen LogP contribution >= 0.6 is 0 Å². The Labute approximate surface area is 110 Å². The molecule has 1 aliphatic carbocycles. The molecule has 0 radical (unpaired) electrons. The number of rotatable bonds is 9. The van der Waals surface area contributed by atoms with E-state index < -0.39 is 0 Å². The van der Waals surface area contributed by atoms with Gasteiger partial charge in [-0.25, -0.2) is 4.98 Å². The molecule has 18 heavy (non-hydrogen) atoms. The molecule has 4 nitrogen and oxygen atoms in total. The largest absolute Gasteiger partial charge is 0.314 e. The first-order chi connectivity index (χ1) is 8.85. The van der Waals surface area contributed by atoms with Crippen molar-refractivity contribution in [3.8, 4) is 0 Å². The first-order valence-corrected chi connectivity index (χ1v) is 7.45. The lowest BCUT2D eigenvalue weighted by molar-refractivity contribution is 0.421. The summed E-state index contributed by atoms with van der Waals surface area (Å²) in [6.45, 7) is 6.44. The molecule has 0 spiro atoms. The maximum atomic E-state index is 4.34. The van der Waals surface area contributed by atoms with Gasteiger partial charge in [0.2, 0.25) is 0 Å². The van der Waals surface area contributed by atoms with Crippen molar-refractivity contribution in [2.45, 2.75) is 65.0 Å². The minimum Gasteiger partial charge on any atom is -0.314 e. The molecule has 0 aliphatic heterocycles. The number of hydrogen-bond acceptors (Lipinski definition) is 3. The van der Waals surface area contributed by atoms with Crippen molar-refractivity contribution < 1.29 is 0 Å². The summed E-state index contributed by atoms with van der Waals surface area (Å²) in [5, 5.41) is 7.92. The Bertz CT molecular complexity index is 343. The van der Waals surface area contributed by atoms with Crippen LogP contribution < -0.4 is 5.32 Å². The van der Waals surface area contributed by atoms with Crippen LogP contribution in [0.25, 0.3) is 0 Å². The van der Waals surface area contributed by atoms with Crippen LogP contribution in [0.5, 0.6) is 0 Å². The SMILES string of the molecule is CCCNC(CCCc1ncnn1CC)C1CC1. The second-order valence-electron chi connectivity index (χ2n) is 5.28. The Balaban J connectivity index is 1.72. The highest BCUT2D eigenvalue weighted by Gasteiger charge is 2.30. The molecule has 0 saturated heterocycles. The molecule has 1 aromatic rings. The average Bonchev–Trinajstić information content (AvgIpc) is 3.13. The van der Waals surface area contributed by atoms with E-state index >= 15 is 0 Å². The van der Waals surface area contributed by atoms with Gasteiger partial charge in [-0.15, -0.1) is 0 Å². The molecule has 0 amide bonds. The predicted octanol–water partition coefficient (Wildman–Crippen LogP) is 2.40. The van der Waals surface area contributed by atoms with Crippen LogP contribution in [0.2, 0.25) is 0 Å². The van der Waals surface area contributed by atoms with Gasteiger partial charge in [-0.1, -0.05) is 6.92 Å². The first kappa shape index (κ1) is 13.5. The van der Waals surface area contributed by atoms with E-state index in [1.807, 2.05) is 4.68 Å². The lowest BCUT2D eigenvalue weighted by Gasteiger charge is -2.17. The maximum absolute atomic E-state index is 4.34. The molecular weight excluding hydrogens is 224 g/mol. The minimum atomic E-state index is 0.739. The molecule has 1 N–H and O–H groups in total. The summed E-state index contributed by atoms with van der Waals surface area (Å²) in [5.41, 5.74) is 0. The van der Waals surface area contributed by atoms with E-state index in [1.54, 1.807) is 6.33 Å². The van der Waals surface area contributed by atoms with Gasteiger partial charge in [0.1, 0.15) is 12.2 Å². The van der Waals surface area contributed by atoms with Crippen LogP contribution in [0, 0.1) is 5.92 Å². The van der Waals surface area contributed by atoms with Gasteiger partial charge in [-0.05, 0) is 51.5 Å². The Kier molecular flexibility index (Phi) is 5.17. The predicted molar refractivity (Wildman–Crippen MR) is 73.4 cm³/mol. The van der Waals surface area contributed by atoms with Gasteiger partial charge < -0.3 is 5.32 Å². The van der Waals surface area contributed by atoms with Crippen LogP contribution in [0.15, 0.2) is 6.33 Å².